The van der Waals surface area contributed by atoms with Gasteiger partial charge >= 0.3 is 0 Å². The second kappa shape index (κ2) is 5.70. The molecule has 2 N–H and O–H groups in total. The Kier molecular flexibility index (Phi) is 4.23. The van der Waals surface area contributed by atoms with Crippen molar-refractivity contribution < 1.29 is 4.74 Å². The van der Waals surface area contributed by atoms with Gasteiger partial charge in [-0.15, -0.1) is 0 Å². The molecule has 100 valence electrons. The molecule has 1 saturated carbocycles. The van der Waals surface area contributed by atoms with Crippen LogP contribution < -0.4 is 10.5 Å². The first-order valence-corrected chi connectivity index (χ1v) is 6.94. The minimum atomic E-state index is 0.0284. The Bertz CT molecular complexity index is 392. The topological polar surface area (TPSA) is 48.1 Å². The normalized spacial score (nSPS) is 29.9. The third-order valence-electron chi connectivity index (χ3n) is 4.12. The highest BCUT2D eigenvalue weighted by atomic mass is 16.5. The third-order valence-corrected chi connectivity index (χ3v) is 4.12. The summed E-state index contributed by atoms with van der Waals surface area (Å²) in [5, 5.41) is 0. The quantitative estimate of drug-likeness (QED) is 0.892. The third kappa shape index (κ3) is 3.22. The summed E-state index contributed by atoms with van der Waals surface area (Å²) in [7, 11) is 0. The minimum absolute atomic E-state index is 0.0284. The Labute approximate surface area is 110 Å². The predicted octanol–water partition coefficient (Wildman–Crippen LogP) is 3.30. The Morgan fingerprint density at radius 1 is 1.33 bits per heavy atom. The van der Waals surface area contributed by atoms with Crippen LogP contribution in [0.1, 0.15) is 51.6 Å². The van der Waals surface area contributed by atoms with Crippen LogP contribution in [0.15, 0.2) is 18.3 Å². The smallest absolute Gasteiger partial charge is 0.213 e. The van der Waals surface area contributed by atoms with Gasteiger partial charge < -0.3 is 10.5 Å². The standard InChI is InChI=1S/C15H24N2O/c1-10-4-5-14(8-11(10)2)18-15-9-13(12(3)16)6-7-17-15/h6-7,9-12,14H,4-5,8,16H2,1-3H3/t10?,11?,12-,14?/m0/s1. The van der Waals surface area contributed by atoms with E-state index in [1.807, 2.05) is 19.1 Å². The molecule has 0 amide bonds. The van der Waals surface area contributed by atoms with Crippen LogP contribution in [0.2, 0.25) is 0 Å². The molecule has 18 heavy (non-hydrogen) atoms. The molecule has 1 aliphatic carbocycles. The van der Waals surface area contributed by atoms with Crippen LogP contribution in [0.5, 0.6) is 5.88 Å². The zero-order valence-corrected chi connectivity index (χ0v) is 11.6. The fourth-order valence-electron chi connectivity index (χ4n) is 2.55. The zero-order valence-electron chi connectivity index (χ0n) is 11.6. The van der Waals surface area contributed by atoms with Crippen LogP contribution in [0.3, 0.4) is 0 Å². The minimum Gasteiger partial charge on any atom is -0.474 e. The number of pyridine rings is 1. The highest BCUT2D eigenvalue weighted by molar-refractivity contribution is 5.23. The molecule has 3 nitrogen and oxygen atoms in total. The number of ether oxygens (including phenoxy) is 1. The molecule has 1 fully saturated rings. The van der Waals surface area contributed by atoms with Crippen LogP contribution in [0.4, 0.5) is 0 Å². The van der Waals surface area contributed by atoms with Gasteiger partial charge in [0.1, 0.15) is 6.10 Å². The first-order valence-electron chi connectivity index (χ1n) is 6.94. The number of hydrogen-bond donors (Lipinski definition) is 1. The molecule has 1 aromatic heterocycles. The monoisotopic (exact) mass is 248 g/mol. The number of hydrogen-bond acceptors (Lipinski definition) is 3. The summed E-state index contributed by atoms with van der Waals surface area (Å²) in [6.07, 6.45) is 5.61. The van der Waals surface area contributed by atoms with Crippen molar-refractivity contribution in [3.8, 4) is 5.88 Å². The molecular weight excluding hydrogens is 224 g/mol. The lowest BCUT2D eigenvalue weighted by Gasteiger charge is -2.32. The van der Waals surface area contributed by atoms with E-state index in [9.17, 15) is 0 Å². The largest absolute Gasteiger partial charge is 0.474 e. The van der Waals surface area contributed by atoms with Crippen molar-refractivity contribution in [1.82, 2.24) is 4.98 Å². The molecule has 0 aromatic carbocycles. The van der Waals surface area contributed by atoms with E-state index in [2.05, 4.69) is 18.8 Å². The molecular formula is C15H24N2O. The highest BCUT2D eigenvalue weighted by Gasteiger charge is 2.26. The molecule has 3 unspecified atom stereocenters. The summed E-state index contributed by atoms with van der Waals surface area (Å²) in [6.45, 7) is 6.62. The van der Waals surface area contributed by atoms with Crippen molar-refractivity contribution in [3.63, 3.8) is 0 Å². The molecule has 2 rings (SSSR count). The lowest BCUT2D eigenvalue weighted by molar-refractivity contribution is 0.0963. The van der Waals surface area contributed by atoms with E-state index in [0.29, 0.717) is 6.10 Å². The highest BCUT2D eigenvalue weighted by Crippen LogP contribution is 2.31. The Morgan fingerprint density at radius 2 is 2.11 bits per heavy atom. The average molecular weight is 248 g/mol. The Hall–Kier alpha value is -1.09. The molecule has 1 aliphatic rings. The zero-order chi connectivity index (χ0) is 13.1. The van der Waals surface area contributed by atoms with Gasteiger partial charge in [0.05, 0.1) is 0 Å². The molecule has 3 heteroatoms. The van der Waals surface area contributed by atoms with Gasteiger partial charge in [0, 0.05) is 18.3 Å². The SMILES string of the molecule is CC1CCC(Oc2cc([C@H](C)N)ccn2)CC1C. The Morgan fingerprint density at radius 3 is 2.78 bits per heavy atom. The van der Waals surface area contributed by atoms with Gasteiger partial charge in [0.2, 0.25) is 5.88 Å². The predicted molar refractivity (Wildman–Crippen MR) is 73.4 cm³/mol. The van der Waals surface area contributed by atoms with Crippen molar-refractivity contribution in [2.45, 2.75) is 52.2 Å². The lowest BCUT2D eigenvalue weighted by atomic mass is 9.80. The van der Waals surface area contributed by atoms with Crippen molar-refractivity contribution in [2.24, 2.45) is 17.6 Å². The van der Waals surface area contributed by atoms with Crippen molar-refractivity contribution >= 4 is 0 Å². The van der Waals surface area contributed by atoms with Crippen LogP contribution in [0.25, 0.3) is 0 Å². The van der Waals surface area contributed by atoms with Gasteiger partial charge in [-0.3, -0.25) is 0 Å². The maximum atomic E-state index is 6.00. The van der Waals surface area contributed by atoms with E-state index in [0.717, 1.165) is 36.1 Å². The number of nitrogens with two attached hydrogens (primary N) is 1. The van der Waals surface area contributed by atoms with Crippen LogP contribution >= 0.6 is 0 Å². The van der Waals surface area contributed by atoms with E-state index in [4.69, 9.17) is 10.5 Å². The first kappa shape index (κ1) is 13.3. The molecule has 0 aliphatic heterocycles. The van der Waals surface area contributed by atoms with E-state index < -0.39 is 0 Å². The molecule has 0 spiro atoms. The Balaban J connectivity index is 1.99. The second-order valence-corrected chi connectivity index (χ2v) is 5.72. The number of rotatable bonds is 3. The second-order valence-electron chi connectivity index (χ2n) is 5.72. The fourth-order valence-corrected chi connectivity index (χ4v) is 2.55. The van der Waals surface area contributed by atoms with Crippen LogP contribution in [-0.4, -0.2) is 11.1 Å². The van der Waals surface area contributed by atoms with Crippen LogP contribution in [0, 0.1) is 11.8 Å². The summed E-state index contributed by atoms with van der Waals surface area (Å²) in [5.74, 6) is 2.27. The van der Waals surface area contributed by atoms with E-state index in [1.54, 1.807) is 6.20 Å². The molecule has 0 bridgehead atoms. The van der Waals surface area contributed by atoms with E-state index >= 15 is 0 Å². The summed E-state index contributed by atoms with van der Waals surface area (Å²) < 4.78 is 6.00. The molecule has 1 heterocycles. The van der Waals surface area contributed by atoms with E-state index in [1.165, 1.54) is 6.42 Å². The van der Waals surface area contributed by atoms with Crippen molar-refractivity contribution in [3.05, 3.63) is 23.9 Å². The van der Waals surface area contributed by atoms with Crippen LogP contribution in [-0.2, 0) is 0 Å². The molecule has 0 radical (unpaired) electrons. The molecule has 4 atom stereocenters. The lowest BCUT2D eigenvalue weighted by Crippen LogP contribution is -2.29. The van der Waals surface area contributed by atoms with Gasteiger partial charge in [0.15, 0.2) is 0 Å². The maximum Gasteiger partial charge on any atom is 0.213 e. The van der Waals surface area contributed by atoms with Gasteiger partial charge in [-0.2, -0.15) is 0 Å². The van der Waals surface area contributed by atoms with Crippen molar-refractivity contribution in [2.75, 3.05) is 0 Å². The van der Waals surface area contributed by atoms with Gasteiger partial charge in [-0.25, -0.2) is 4.98 Å². The summed E-state index contributed by atoms with van der Waals surface area (Å²) >= 11 is 0. The van der Waals surface area contributed by atoms with Crippen molar-refractivity contribution in [1.29, 1.82) is 0 Å². The average Bonchev–Trinajstić information content (AvgIpc) is 2.34. The summed E-state index contributed by atoms with van der Waals surface area (Å²) in [5.41, 5.74) is 6.95. The molecule has 0 saturated heterocycles. The van der Waals surface area contributed by atoms with Gasteiger partial charge in [-0.1, -0.05) is 13.8 Å². The van der Waals surface area contributed by atoms with Gasteiger partial charge in [-0.05, 0) is 49.7 Å². The van der Waals surface area contributed by atoms with E-state index in [-0.39, 0.29) is 6.04 Å². The maximum absolute atomic E-state index is 6.00. The first-order chi connectivity index (χ1) is 8.56. The fraction of sp³-hybridized carbons (Fsp3) is 0.667. The number of nitrogens with zero attached hydrogens (tertiary/aromatic N) is 1. The molecule has 1 aromatic rings. The summed E-state index contributed by atoms with van der Waals surface area (Å²) in [4.78, 5) is 4.28. The van der Waals surface area contributed by atoms with Gasteiger partial charge in [0.25, 0.3) is 0 Å². The number of aromatic nitrogens is 1. The summed E-state index contributed by atoms with van der Waals surface area (Å²) in [6, 6.07) is 3.94.